The van der Waals surface area contributed by atoms with Gasteiger partial charge in [-0.3, -0.25) is 9.69 Å². The van der Waals surface area contributed by atoms with Gasteiger partial charge in [-0.15, -0.1) is 0 Å². The van der Waals surface area contributed by atoms with Crippen molar-refractivity contribution in [2.75, 3.05) is 13.2 Å². The molecule has 1 aromatic rings. The second-order valence-electron chi connectivity index (χ2n) is 6.10. The molecule has 5 heteroatoms. The number of nitrogens with one attached hydrogen (secondary N) is 1. The number of urea groups is 1. The third kappa shape index (κ3) is 3.73. The summed E-state index contributed by atoms with van der Waals surface area (Å²) >= 11 is 0. The maximum atomic E-state index is 12.0. The van der Waals surface area contributed by atoms with Crippen LogP contribution in [0.5, 0.6) is 0 Å². The quantitative estimate of drug-likeness (QED) is 0.894. The lowest BCUT2D eigenvalue weighted by molar-refractivity contribution is -0.127. The van der Waals surface area contributed by atoms with Crippen molar-refractivity contribution in [2.45, 2.75) is 32.9 Å². The van der Waals surface area contributed by atoms with Crippen molar-refractivity contribution in [3.8, 4) is 0 Å². The van der Waals surface area contributed by atoms with Crippen LogP contribution in [0.3, 0.4) is 0 Å². The van der Waals surface area contributed by atoms with E-state index < -0.39 is 0 Å². The van der Waals surface area contributed by atoms with E-state index in [1.807, 2.05) is 51.1 Å². The zero-order valence-electron chi connectivity index (χ0n) is 12.2. The fourth-order valence-electron chi connectivity index (χ4n) is 2.08. The Kier molecular flexibility index (Phi) is 3.97. The van der Waals surface area contributed by atoms with Gasteiger partial charge < -0.3 is 10.2 Å². The number of nitrogens with zero attached hydrogens (tertiary/aromatic N) is 2. The minimum atomic E-state index is -0.299. The largest absolute Gasteiger partial charge is 0.333 e. The van der Waals surface area contributed by atoms with Crippen LogP contribution in [0.1, 0.15) is 26.3 Å². The molecule has 0 aromatic heterocycles. The number of rotatable bonds is 2. The summed E-state index contributed by atoms with van der Waals surface area (Å²) < 4.78 is 0. The molecule has 1 N–H and O–H groups in total. The van der Waals surface area contributed by atoms with Gasteiger partial charge in [-0.25, -0.2) is 4.79 Å². The lowest BCUT2D eigenvalue weighted by Gasteiger charge is -2.25. The average Bonchev–Trinajstić information content (AvgIpc) is 2.70. The van der Waals surface area contributed by atoms with Crippen LogP contribution in [-0.4, -0.2) is 40.5 Å². The molecule has 5 nitrogen and oxygen atoms in total. The summed E-state index contributed by atoms with van der Waals surface area (Å²) in [7, 11) is 0. The minimum Gasteiger partial charge on any atom is -0.333 e. The number of amides is 3. The molecular formula is C15H21N3O2. The molecule has 0 bridgehead atoms. The Morgan fingerprint density at radius 1 is 1.25 bits per heavy atom. The fraction of sp³-hybridized carbons (Fsp3) is 0.467. The highest BCUT2D eigenvalue weighted by atomic mass is 16.2. The molecule has 3 amide bonds. The van der Waals surface area contributed by atoms with Crippen LogP contribution < -0.4 is 5.32 Å². The molecule has 1 heterocycles. The van der Waals surface area contributed by atoms with E-state index in [1.165, 1.54) is 4.90 Å². The van der Waals surface area contributed by atoms with Crippen LogP contribution in [0.15, 0.2) is 30.3 Å². The van der Waals surface area contributed by atoms with Crippen molar-refractivity contribution in [1.29, 1.82) is 0 Å². The van der Waals surface area contributed by atoms with E-state index in [2.05, 4.69) is 5.32 Å². The lowest BCUT2D eigenvalue weighted by atomic mass is 10.1. The normalized spacial score (nSPS) is 15.7. The van der Waals surface area contributed by atoms with Gasteiger partial charge in [-0.2, -0.15) is 0 Å². The second kappa shape index (κ2) is 5.53. The fourth-order valence-corrected chi connectivity index (χ4v) is 2.08. The van der Waals surface area contributed by atoms with Crippen molar-refractivity contribution in [3.05, 3.63) is 35.9 Å². The molecule has 0 radical (unpaired) electrons. The number of carbonyl (C=O) groups is 2. The summed E-state index contributed by atoms with van der Waals surface area (Å²) in [5.74, 6) is -0.0158. The van der Waals surface area contributed by atoms with E-state index in [-0.39, 0.29) is 24.0 Å². The Labute approximate surface area is 119 Å². The highest BCUT2D eigenvalue weighted by Crippen LogP contribution is 2.13. The van der Waals surface area contributed by atoms with E-state index in [1.54, 1.807) is 4.90 Å². The molecule has 1 aromatic carbocycles. The van der Waals surface area contributed by atoms with Crippen molar-refractivity contribution < 1.29 is 9.59 Å². The molecule has 1 aliphatic rings. The molecule has 0 aliphatic carbocycles. The van der Waals surface area contributed by atoms with Gasteiger partial charge in [0, 0.05) is 12.1 Å². The number of benzene rings is 1. The standard InChI is InChI=1S/C15H21N3O2/c1-15(2,3)16-14(20)18-10-13(19)17(11-18)9-12-7-5-4-6-8-12/h4-8H,9-11H2,1-3H3,(H,16,20). The van der Waals surface area contributed by atoms with Crippen LogP contribution in [0, 0.1) is 0 Å². The zero-order valence-corrected chi connectivity index (χ0v) is 12.2. The van der Waals surface area contributed by atoms with Gasteiger partial charge in [0.1, 0.15) is 6.54 Å². The van der Waals surface area contributed by atoms with Gasteiger partial charge in [0.2, 0.25) is 5.91 Å². The van der Waals surface area contributed by atoms with Crippen molar-refractivity contribution in [3.63, 3.8) is 0 Å². The highest BCUT2D eigenvalue weighted by molar-refractivity contribution is 5.87. The van der Waals surface area contributed by atoms with Gasteiger partial charge in [-0.05, 0) is 26.3 Å². The first kappa shape index (κ1) is 14.4. The first-order valence-corrected chi connectivity index (χ1v) is 6.74. The maximum Gasteiger partial charge on any atom is 0.319 e. The molecule has 1 fully saturated rings. The van der Waals surface area contributed by atoms with Crippen LogP contribution >= 0.6 is 0 Å². The summed E-state index contributed by atoms with van der Waals surface area (Å²) in [6.45, 7) is 6.79. The van der Waals surface area contributed by atoms with Gasteiger partial charge in [0.25, 0.3) is 0 Å². The molecule has 20 heavy (non-hydrogen) atoms. The smallest absolute Gasteiger partial charge is 0.319 e. The van der Waals surface area contributed by atoms with Crippen LogP contribution in [-0.2, 0) is 11.3 Å². The van der Waals surface area contributed by atoms with Gasteiger partial charge in [0.05, 0.1) is 6.67 Å². The van der Waals surface area contributed by atoms with Crippen LogP contribution in [0.2, 0.25) is 0 Å². The molecule has 0 saturated carbocycles. The summed E-state index contributed by atoms with van der Waals surface area (Å²) in [4.78, 5) is 27.2. The Morgan fingerprint density at radius 3 is 2.50 bits per heavy atom. The summed E-state index contributed by atoms with van der Waals surface area (Å²) in [6.07, 6.45) is 0. The topological polar surface area (TPSA) is 52.7 Å². The summed E-state index contributed by atoms with van der Waals surface area (Å²) in [6, 6.07) is 9.59. The lowest BCUT2D eigenvalue weighted by Crippen LogP contribution is -2.48. The molecule has 0 atom stereocenters. The van der Waals surface area contributed by atoms with Crippen molar-refractivity contribution >= 4 is 11.9 Å². The number of hydrogen-bond donors (Lipinski definition) is 1. The van der Waals surface area contributed by atoms with E-state index in [0.29, 0.717) is 13.2 Å². The Bertz CT molecular complexity index is 494. The second-order valence-corrected chi connectivity index (χ2v) is 6.10. The molecule has 108 valence electrons. The Hall–Kier alpha value is -2.04. The minimum absolute atomic E-state index is 0.0158. The maximum absolute atomic E-state index is 12.0. The molecule has 0 unspecified atom stereocenters. The summed E-state index contributed by atoms with van der Waals surface area (Å²) in [5, 5.41) is 2.87. The zero-order chi connectivity index (χ0) is 14.8. The van der Waals surface area contributed by atoms with Crippen LogP contribution in [0.4, 0.5) is 4.79 Å². The predicted octanol–water partition coefficient (Wildman–Crippen LogP) is 1.80. The SMILES string of the molecule is CC(C)(C)NC(=O)N1CC(=O)N(Cc2ccccc2)C1. The van der Waals surface area contributed by atoms with E-state index in [9.17, 15) is 9.59 Å². The highest BCUT2D eigenvalue weighted by Gasteiger charge is 2.31. The van der Waals surface area contributed by atoms with Gasteiger partial charge in [0.15, 0.2) is 0 Å². The predicted molar refractivity (Wildman–Crippen MR) is 76.8 cm³/mol. The van der Waals surface area contributed by atoms with Crippen LogP contribution in [0.25, 0.3) is 0 Å². The van der Waals surface area contributed by atoms with Gasteiger partial charge in [-0.1, -0.05) is 30.3 Å². The van der Waals surface area contributed by atoms with E-state index >= 15 is 0 Å². The monoisotopic (exact) mass is 275 g/mol. The molecular weight excluding hydrogens is 254 g/mol. The molecule has 2 rings (SSSR count). The average molecular weight is 275 g/mol. The Balaban J connectivity index is 1.95. The van der Waals surface area contributed by atoms with Crippen molar-refractivity contribution in [2.24, 2.45) is 0 Å². The van der Waals surface area contributed by atoms with E-state index in [4.69, 9.17) is 0 Å². The molecule has 1 saturated heterocycles. The third-order valence-corrected chi connectivity index (χ3v) is 3.01. The first-order chi connectivity index (χ1) is 9.35. The third-order valence-electron chi connectivity index (χ3n) is 3.01. The van der Waals surface area contributed by atoms with E-state index in [0.717, 1.165) is 5.56 Å². The number of hydrogen-bond acceptors (Lipinski definition) is 2. The Morgan fingerprint density at radius 2 is 1.90 bits per heavy atom. The number of carbonyl (C=O) groups excluding carboxylic acids is 2. The molecule has 0 spiro atoms. The molecule has 1 aliphatic heterocycles. The first-order valence-electron chi connectivity index (χ1n) is 6.74. The summed E-state index contributed by atoms with van der Waals surface area (Å²) in [5.41, 5.74) is 0.770. The van der Waals surface area contributed by atoms with Gasteiger partial charge >= 0.3 is 6.03 Å². The van der Waals surface area contributed by atoms with Crippen molar-refractivity contribution in [1.82, 2.24) is 15.1 Å².